The number of aromatic nitrogens is 1. The van der Waals surface area contributed by atoms with Crippen molar-refractivity contribution >= 4 is 17.6 Å². The van der Waals surface area contributed by atoms with Crippen molar-refractivity contribution < 1.29 is 19.1 Å². The van der Waals surface area contributed by atoms with Gasteiger partial charge in [-0.05, 0) is 36.6 Å². The maximum atomic E-state index is 13.3. The normalized spacial score (nSPS) is 10.8. The van der Waals surface area contributed by atoms with Crippen LogP contribution in [0.4, 0.5) is 10.5 Å². The number of amides is 3. The van der Waals surface area contributed by atoms with Crippen molar-refractivity contribution in [3.8, 4) is 11.5 Å². The molecule has 0 aliphatic carbocycles. The Hall–Kier alpha value is -3.16. The highest BCUT2D eigenvalue weighted by Crippen LogP contribution is 2.29. The fourth-order valence-corrected chi connectivity index (χ4v) is 3.52. The highest BCUT2D eigenvalue weighted by molar-refractivity contribution is 5.93. The average Bonchev–Trinajstić information content (AvgIpc) is 3.20. The molecule has 33 heavy (non-hydrogen) atoms. The van der Waals surface area contributed by atoms with Crippen LogP contribution in [0, 0.1) is 5.92 Å². The molecule has 0 saturated heterocycles. The number of nitrogens with one attached hydrogen (secondary N) is 1. The summed E-state index contributed by atoms with van der Waals surface area (Å²) in [6.07, 6.45) is 3.87. The molecule has 0 spiro atoms. The van der Waals surface area contributed by atoms with Gasteiger partial charge < -0.3 is 29.2 Å². The number of anilines is 1. The number of ether oxygens (including phenoxy) is 2. The Kier molecular flexibility index (Phi) is 10.1. The number of aryl methyl sites for hydroxylation is 1. The zero-order chi connectivity index (χ0) is 24.4. The molecule has 1 aromatic heterocycles. The molecular weight excluding hydrogens is 420 g/mol. The molecule has 8 nitrogen and oxygen atoms in total. The Morgan fingerprint density at radius 3 is 2.45 bits per heavy atom. The maximum absolute atomic E-state index is 13.3. The van der Waals surface area contributed by atoms with Gasteiger partial charge in [-0.1, -0.05) is 27.2 Å². The maximum Gasteiger partial charge on any atom is 0.322 e. The van der Waals surface area contributed by atoms with E-state index in [0.29, 0.717) is 36.8 Å². The minimum Gasteiger partial charge on any atom is -0.497 e. The van der Waals surface area contributed by atoms with Crippen LogP contribution in [0.1, 0.15) is 39.3 Å². The van der Waals surface area contributed by atoms with Gasteiger partial charge >= 0.3 is 6.03 Å². The lowest BCUT2D eigenvalue weighted by Crippen LogP contribution is -2.46. The molecule has 0 fully saturated rings. The van der Waals surface area contributed by atoms with Crippen LogP contribution in [-0.2, 0) is 18.4 Å². The second-order valence-electron chi connectivity index (χ2n) is 8.55. The Balaban J connectivity index is 2.17. The van der Waals surface area contributed by atoms with Crippen LogP contribution in [0.15, 0.2) is 36.5 Å². The molecule has 2 rings (SSSR count). The van der Waals surface area contributed by atoms with E-state index in [4.69, 9.17) is 9.47 Å². The smallest absolute Gasteiger partial charge is 0.322 e. The van der Waals surface area contributed by atoms with Gasteiger partial charge in [-0.25, -0.2) is 4.79 Å². The first-order valence-corrected chi connectivity index (χ1v) is 11.4. The minimum atomic E-state index is -0.338. The largest absolute Gasteiger partial charge is 0.497 e. The summed E-state index contributed by atoms with van der Waals surface area (Å²) in [6.45, 7) is 7.80. The highest BCUT2D eigenvalue weighted by Gasteiger charge is 2.23. The molecule has 0 atom stereocenters. The SMILES string of the molecule is CCCCN(Cc1cccn1C)C(=O)CN(CC(C)C)C(=O)Nc1ccc(OC)cc1OC. The van der Waals surface area contributed by atoms with E-state index in [0.717, 1.165) is 18.5 Å². The van der Waals surface area contributed by atoms with Crippen molar-refractivity contribution in [2.24, 2.45) is 13.0 Å². The van der Waals surface area contributed by atoms with Crippen LogP contribution in [-0.4, -0.2) is 60.2 Å². The number of unbranched alkanes of at least 4 members (excludes halogenated alkanes) is 1. The third kappa shape index (κ3) is 7.73. The quantitative estimate of drug-likeness (QED) is 0.513. The minimum absolute atomic E-state index is 0.0105. The number of hydrogen-bond donors (Lipinski definition) is 1. The van der Waals surface area contributed by atoms with E-state index in [9.17, 15) is 9.59 Å². The van der Waals surface area contributed by atoms with Crippen LogP contribution < -0.4 is 14.8 Å². The number of hydrogen-bond acceptors (Lipinski definition) is 4. The fraction of sp³-hybridized carbons (Fsp3) is 0.520. The summed E-state index contributed by atoms with van der Waals surface area (Å²) in [6, 6.07) is 8.84. The van der Waals surface area contributed by atoms with E-state index in [1.165, 1.54) is 7.11 Å². The Bertz CT molecular complexity index is 910. The number of nitrogens with zero attached hydrogens (tertiary/aromatic N) is 3. The summed E-state index contributed by atoms with van der Waals surface area (Å²) < 4.78 is 12.6. The fourth-order valence-electron chi connectivity index (χ4n) is 3.52. The third-order valence-electron chi connectivity index (χ3n) is 5.39. The van der Waals surface area contributed by atoms with Gasteiger partial charge in [0.2, 0.25) is 5.91 Å². The molecule has 182 valence electrons. The summed E-state index contributed by atoms with van der Waals surface area (Å²) in [5.74, 6) is 1.26. The van der Waals surface area contributed by atoms with Crippen molar-refractivity contribution in [3.63, 3.8) is 0 Å². The van der Waals surface area contributed by atoms with Gasteiger partial charge in [0.1, 0.15) is 18.0 Å². The molecule has 2 aromatic rings. The van der Waals surface area contributed by atoms with Crippen molar-refractivity contribution in [2.45, 2.75) is 40.2 Å². The molecule has 0 aliphatic heterocycles. The molecular formula is C25H38N4O4. The first kappa shape index (κ1) is 26.1. The standard InChI is InChI=1S/C25H38N4O4/c1-7-8-14-28(17-20-10-9-13-27(20)4)24(30)18-29(16-19(2)3)25(31)26-22-12-11-21(32-5)15-23(22)33-6/h9-13,15,19H,7-8,14,16-18H2,1-6H3,(H,26,31). The molecule has 0 saturated carbocycles. The van der Waals surface area contributed by atoms with E-state index < -0.39 is 0 Å². The molecule has 0 bridgehead atoms. The monoisotopic (exact) mass is 458 g/mol. The molecule has 0 radical (unpaired) electrons. The summed E-state index contributed by atoms with van der Waals surface area (Å²) in [5, 5.41) is 2.89. The lowest BCUT2D eigenvalue weighted by atomic mass is 10.2. The number of benzene rings is 1. The number of urea groups is 1. The zero-order valence-corrected chi connectivity index (χ0v) is 20.8. The summed E-state index contributed by atoms with van der Waals surface area (Å²) in [7, 11) is 5.08. The van der Waals surface area contributed by atoms with E-state index in [1.807, 2.05) is 48.7 Å². The van der Waals surface area contributed by atoms with E-state index in [2.05, 4.69) is 12.2 Å². The number of carbonyl (C=O) groups is 2. The van der Waals surface area contributed by atoms with Gasteiger partial charge in [0, 0.05) is 38.1 Å². The van der Waals surface area contributed by atoms with Crippen LogP contribution in [0.2, 0.25) is 0 Å². The van der Waals surface area contributed by atoms with Crippen LogP contribution in [0.25, 0.3) is 0 Å². The van der Waals surface area contributed by atoms with Gasteiger partial charge in [0.05, 0.1) is 26.5 Å². The molecule has 8 heteroatoms. The van der Waals surface area contributed by atoms with Crippen LogP contribution >= 0.6 is 0 Å². The highest BCUT2D eigenvalue weighted by atomic mass is 16.5. The van der Waals surface area contributed by atoms with Crippen molar-refractivity contribution in [1.29, 1.82) is 0 Å². The van der Waals surface area contributed by atoms with Crippen LogP contribution in [0.3, 0.4) is 0 Å². The van der Waals surface area contributed by atoms with Crippen molar-refractivity contribution in [1.82, 2.24) is 14.4 Å². The summed E-state index contributed by atoms with van der Waals surface area (Å²) >= 11 is 0. The van der Waals surface area contributed by atoms with E-state index in [-0.39, 0.29) is 24.4 Å². The Labute approximate surface area is 197 Å². The van der Waals surface area contributed by atoms with Crippen molar-refractivity contribution in [2.75, 3.05) is 39.2 Å². The van der Waals surface area contributed by atoms with E-state index >= 15 is 0 Å². The Morgan fingerprint density at radius 1 is 1.12 bits per heavy atom. The van der Waals surface area contributed by atoms with E-state index in [1.54, 1.807) is 30.2 Å². The lowest BCUT2D eigenvalue weighted by molar-refractivity contribution is -0.132. The predicted molar refractivity (Wildman–Crippen MR) is 131 cm³/mol. The lowest BCUT2D eigenvalue weighted by Gasteiger charge is -2.29. The number of rotatable bonds is 12. The molecule has 1 aromatic carbocycles. The van der Waals surface area contributed by atoms with Gasteiger partial charge in [0.15, 0.2) is 0 Å². The number of carbonyl (C=O) groups excluding carboxylic acids is 2. The van der Waals surface area contributed by atoms with Gasteiger partial charge in [-0.15, -0.1) is 0 Å². The zero-order valence-electron chi connectivity index (χ0n) is 20.8. The Morgan fingerprint density at radius 2 is 1.88 bits per heavy atom. The van der Waals surface area contributed by atoms with Gasteiger partial charge in [-0.3, -0.25) is 4.79 Å². The molecule has 3 amide bonds. The first-order chi connectivity index (χ1) is 15.8. The second-order valence-corrected chi connectivity index (χ2v) is 8.55. The molecule has 0 unspecified atom stereocenters. The molecule has 1 N–H and O–H groups in total. The topological polar surface area (TPSA) is 76.0 Å². The summed E-state index contributed by atoms with van der Waals surface area (Å²) in [5.41, 5.74) is 1.58. The average molecular weight is 459 g/mol. The van der Waals surface area contributed by atoms with Crippen LogP contribution in [0.5, 0.6) is 11.5 Å². The molecule has 0 aliphatic rings. The predicted octanol–water partition coefficient (Wildman–Crippen LogP) is 4.36. The van der Waals surface area contributed by atoms with Crippen molar-refractivity contribution in [3.05, 3.63) is 42.2 Å². The van der Waals surface area contributed by atoms with Gasteiger partial charge in [-0.2, -0.15) is 0 Å². The van der Waals surface area contributed by atoms with Gasteiger partial charge in [0.25, 0.3) is 0 Å². The summed E-state index contributed by atoms with van der Waals surface area (Å²) in [4.78, 5) is 29.9. The molecule has 1 heterocycles. The third-order valence-corrected chi connectivity index (χ3v) is 5.39. The number of methoxy groups -OCH3 is 2. The second kappa shape index (κ2) is 12.8. The first-order valence-electron chi connectivity index (χ1n) is 11.4.